The van der Waals surface area contributed by atoms with E-state index in [9.17, 15) is 17.6 Å². The molecule has 0 spiro atoms. The highest BCUT2D eigenvalue weighted by Crippen LogP contribution is 2.38. The summed E-state index contributed by atoms with van der Waals surface area (Å²) >= 11 is 0. The summed E-state index contributed by atoms with van der Waals surface area (Å²) in [5.41, 5.74) is 1.80. The smallest absolute Gasteiger partial charge is 0.200 e. The highest BCUT2D eigenvalue weighted by Gasteiger charge is 2.27. The zero-order valence-corrected chi connectivity index (χ0v) is 19.5. The van der Waals surface area contributed by atoms with E-state index in [0.717, 1.165) is 0 Å². The zero-order chi connectivity index (χ0) is 24.9. The average Bonchev–Trinajstić information content (AvgIpc) is 2.88. The molecule has 0 amide bonds. The van der Waals surface area contributed by atoms with Crippen molar-refractivity contribution in [3.63, 3.8) is 0 Å². The largest absolute Gasteiger partial charge is 0.491 e. The maximum atomic E-state index is 14.7. The van der Waals surface area contributed by atoms with Crippen LogP contribution < -0.4 is 4.74 Å². The molecule has 0 bridgehead atoms. The molecule has 35 heavy (non-hydrogen) atoms. The molecule has 3 aromatic carbocycles. The predicted octanol–water partition coefficient (Wildman–Crippen LogP) is 7.04. The lowest BCUT2D eigenvalue weighted by Gasteiger charge is -2.29. The molecule has 0 saturated heterocycles. The molecule has 0 atom stereocenters. The molecule has 0 aliphatic heterocycles. The third-order valence-corrected chi connectivity index (χ3v) is 6.57. The quantitative estimate of drug-likeness (QED) is 0.346. The van der Waals surface area contributed by atoms with Gasteiger partial charge in [0.05, 0.1) is 25.9 Å². The molecule has 1 fully saturated rings. The van der Waals surface area contributed by atoms with Gasteiger partial charge < -0.3 is 14.6 Å². The van der Waals surface area contributed by atoms with Crippen LogP contribution in [0, 0.1) is 23.3 Å². The summed E-state index contributed by atoms with van der Waals surface area (Å²) in [5.74, 6) is -3.95. The van der Waals surface area contributed by atoms with E-state index in [-0.39, 0.29) is 48.7 Å². The first-order valence-corrected chi connectivity index (χ1v) is 11.8. The molecule has 3 aromatic rings. The topological polar surface area (TPSA) is 38.7 Å². The van der Waals surface area contributed by atoms with Crippen LogP contribution in [0.2, 0.25) is 0 Å². The normalized spacial score (nSPS) is 18.0. The first-order chi connectivity index (χ1) is 16.9. The van der Waals surface area contributed by atoms with Crippen molar-refractivity contribution in [1.29, 1.82) is 0 Å². The molecular weight excluding hydrogens is 460 g/mol. The fraction of sp³-hybridized carbons (Fsp3) is 0.357. The summed E-state index contributed by atoms with van der Waals surface area (Å²) in [7, 11) is 0. The van der Waals surface area contributed by atoms with Crippen LogP contribution in [0.25, 0.3) is 11.1 Å². The molecule has 1 aliphatic rings. The molecule has 1 saturated carbocycles. The Bertz CT molecular complexity index is 1160. The molecule has 1 aliphatic carbocycles. The van der Waals surface area contributed by atoms with Gasteiger partial charge in [0, 0.05) is 11.1 Å². The highest BCUT2D eigenvalue weighted by atomic mass is 19.2. The Morgan fingerprint density at radius 1 is 0.800 bits per heavy atom. The van der Waals surface area contributed by atoms with Gasteiger partial charge in [-0.1, -0.05) is 42.5 Å². The van der Waals surface area contributed by atoms with E-state index in [2.05, 4.69) is 0 Å². The van der Waals surface area contributed by atoms with Gasteiger partial charge in [-0.05, 0) is 61.3 Å². The van der Waals surface area contributed by atoms with Gasteiger partial charge in [-0.25, -0.2) is 13.2 Å². The lowest BCUT2D eigenvalue weighted by Crippen LogP contribution is -2.21. The molecule has 4 rings (SSSR count). The second-order valence-corrected chi connectivity index (χ2v) is 8.75. The molecule has 3 nitrogen and oxygen atoms in total. The second kappa shape index (κ2) is 11.2. The zero-order valence-electron chi connectivity index (χ0n) is 19.5. The Morgan fingerprint density at radius 3 is 2.17 bits per heavy atom. The number of aliphatic hydroxyl groups excluding tert-OH is 1. The van der Waals surface area contributed by atoms with E-state index in [1.54, 1.807) is 37.3 Å². The third-order valence-electron chi connectivity index (χ3n) is 6.57. The van der Waals surface area contributed by atoms with Gasteiger partial charge in [0.25, 0.3) is 0 Å². The van der Waals surface area contributed by atoms with Gasteiger partial charge in [-0.2, -0.15) is 4.39 Å². The maximum absolute atomic E-state index is 14.7. The standard InChI is InChI=1S/C28H28F4O3/c1-2-34-24-14-13-23(27(31)28(24)32)19-7-10-21(11-8-19)35-16-20-9-12-22(26(30)25(20)29)18-5-3-17(15-33)4-6-18/h3-6,9,12-14,19,21,33H,2,7-8,10-11,15-16H2,1H3. The van der Waals surface area contributed by atoms with Gasteiger partial charge in [-0.15, -0.1) is 0 Å². The molecule has 186 valence electrons. The fourth-order valence-corrected chi connectivity index (χ4v) is 4.59. The van der Waals surface area contributed by atoms with Gasteiger partial charge in [-0.3, -0.25) is 0 Å². The highest BCUT2D eigenvalue weighted by molar-refractivity contribution is 5.65. The number of hydrogen-bond donors (Lipinski definition) is 1. The Hall–Kier alpha value is -2.90. The van der Waals surface area contributed by atoms with Gasteiger partial charge in [0.2, 0.25) is 5.82 Å². The number of aliphatic hydroxyl groups is 1. The SMILES string of the molecule is CCOc1ccc(C2CCC(OCc3ccc(-c4ccc(CO)cc4)c(F)c3F)CC2)c(F)c1F. The molecule has 0 aromatic heterocycles. The maximum Gasteiger partial charge on any atom is 0.200 e. The summed E-state index contributed by atoms with van der Waals surface area (Å²) in [6.07, 6.45) is 2.26. The van der Waals surface area contributed by atoms with Crippen molar-refractivity contribution in [2.24, 2.45) is 0 Å². The van der Waals surface area contributed by atoms with Crippen molar-refractivity contribution < 1.29 is 32.1 Å². The van der Waals surface area contributed by atoms with Crippen LogP contribution in [-0.4, -0.2) is 17.8 Å². The Balaban J connectivity index is 1.36. The molecule has 7 heteroatoms. The molecule has 0 heterocycles. The number of rotatable bonds is 8. The van der Waals surface area contributed by atoms with E-state index in [4.69, 9.17) is 14.6 Å². The first-order valence-electron chi connectivity index (χ1n) is 11.8. The number of ether oxygens (including phenoxy) is 2. The van der Waals surface area contributed by atoms with Gasteiger partial charge in [0.15, 0.2) is 23.2 Å². The lowest BCUT2D eigenvalue weighted by molar-refractivity contribution is 0.0116. The van der Waals surface area contributed by atoms with E-state index >= 15 is 0 Å². The minimum Gasteiger partial charge on any atom is -0.491 e. The molecule has 1 N–H and O–H groups in total. The Labute approximate surface area is 202 Å². The van der Waals surface area contributed by atoms with Gasteiger partial charge >= 0.3 is 0 Å². The summed E-state index contributed by atoms with van der Waals surface area (Å²) in [4.78, 5) is 0. The summed E-state index contributed by atoms with van der Waals surface area (Å²) in [6, 6.07) is 12.7. The van der Waals surface area contributed by atoms with Crippen LogP contribution in [0.4, 0.5) is 17.6 Å². The number of hydrogen-bond acceptors (Lipinski definition) is 3. The number of benzene rings is 3. The fourth-order valence-electron chi connectivity index (χ4n) is 4.59. The Kier molecular flexibility index (Phi) is 8.08. The van der Waals surface area contributed by atoms with Crippen molar-refractivity contribution in [2.45, 2.75) is 57.8 Å². The minimum atomic E-state index is -0.965. The van der Waals surface area contributed by atoms with E-state index in [1.165, 1.54) is 18.2 Å². The molecular formula is C28H28F4O3. The average molecular weight is 489 g/mol. The van der Waals surface area contributed by atoms with Crippen LogP contribution in [-0.2, 0) is 18.0 Å². The monoisotopic (exact) mass is 488 g/mol. The summed E-state index contributed by atoms with van der Waals surface area (Å²) < 4.78 is 69.2. The summed E-state index contributed by atoms with van der Waals surface area (Å²) in [6.45, 7) is 1.76. The molecule has 0 radical (unpaired) electrons. The van der Waals surface area contributed by atoms with Crippen molar-refractivity contribution >= 4 is 0 Å². The second-order valence-electron chi connectivity index (χ2n) is 8.75. The third kappa shape index (κ3) is 5.52. The van der Waals surface area contributed by atoms with E-state index < -0.39 is 23.3 Å². The van der Waals surface area contributed by atoms with Crippen molar-refractivity contribution in [1.82, 2.24) is 0 Å². The van der Waals surface area contributed by atoms with Crippen LogP contribution in [0.3, 0.4) is 0 Å². The van der Waals surface area contributed by atoms with Crippen molar-refractivity contribution in [3.8, 4) is 16.9 Å². The van der Waals surface area contributed by atoms with Gasteiger partial charge in [0.1, 0.15) is 0 Å². The lowest BCUT2D eigenvalue weighted by atomic mass is 9.82. The van der Waals surface area contributed by atoms with Crippen LogP contribution in [0.15, 0.2) is 48.5 Å². The molecule has 0 unspecified atom stereocenters. The van der Waals surface area contributed by atoms with E-state index in [0.29, 0.717) is 42.4 Å². The van der Waals surface area contributed by atoms with Crippen LogP contribution in [0.1, 0.15) is 55.2 Å². The Morgan fingerprint density at radius 2 is 1.51 bits per heavy atom. The van der Waals surface area contributed by atoms with Crippen LogP contribution >= 0.6 is 0 Å². The van der Waals surface area contributed by atoms with Crippen molar-refractivity contribution in [3.05, 3.63) is 88.5 Å². The van der Waals surface area contributed by atoms with E-state index in [1.807, 2.05) is 0 Å². The van der Waals surface area contributed by atoms with Crippen LogP contribution in [0.5, 0.6) is 5.75 Å². The van der Waals surface area contributed by atoms with Crippen molar-refractivity contribution in [2.75, 3.05) is 6.61 Å². The minimum absolute atomic E-state index is 0.0755. The number of halogens is 4. The predicted molar refractivity (Wildman–Crippen MR) is 125 cm³/mol. The first kappa shape index (κ1) is 25.2. The summed E-state index contributed by atoms with van der Waals surface area (Å²) in [5, 5.41) is 9.14.